The summed E-state index contributed by atoms with van der Waals surface area (Å²) in [6.45, 7) is 2.95. The molecule has 0 aromatic heterocycles. The highest BCUT2D eigenvalue weighted by Gasteiger charge is 2.48. The highest BCUT2D eigenvalue weighted by Crippen LogP contribution is 2.47. The van der Waals surface area contributed by atoms with Crippen LogP contribution in [0.4, 0.5) is 5.69 Å². The lowest BCUT2D eigenvalue weighted by Crippen LogP contribution is -2.54. The number of carbonyl (C=O) groups excluding carboxylic acids is 5. The minimum absolute atomic E-state index is 0.151. The van der Waals surface area contributed by atoms with Crippen LogP contribution < -0.4 is 15.5 Å². The third-order valence-corrected chi connectivity index (χ3v) is 9.51. The van der Waals surface area contributed by atoms with Crippen LogP contribution in [0.5, 0.6) is 0 Å². The summed E-state index contributed by atoms with van der Waals surface area (Å²) >= 11 is 0. The molecule has 11 heteroatoms. The third kappa shape index (κ3) is 8.65. The van der Waals surface area contributed by atoms with Crippen LogP contribution in [0.2, 0.25) is 0 Å². The highest BCUT2D eigenvalue weighted by molar-refractivity contribution is 6.37. The summed E-state index contributed by atoms with van der Waals surface area (Å²) in [4.78, 5) is 69.0. The van der Waals surface area contributed by atoms with Gasteiger partial charge in [0.15, 0.2) is 0 Å². The zero-order valence-electron chi connectivity index (χ0n) is 27.4. The molecule has 0 saturated carbocycles. The number of nitrogens with one attached hydrogen (secondary N) is 2. The average Bonchev–Trinajstić information content (AvgIpc) is 3.34. The molecule has 1 aromatic rings. The molecule has 1 saturated heterocycles. The topological polar surface area (TPSA) is 152 Å². The van der Waals surface area contributed by atoms with E-state index in [4.69, 9.17) is 6.42 Å². The minimum Gasteiger partial charge on any atom is -0.361 e. The molecule has 250 valence electrons. The van der Waals surface area contributed by atoms with Gasteiger partial charge in [-0.3, -0.25) is 24.5 Å². The van der Waals surface area contributed by atoms with Crippen molar-refractivity contribution in [2.45, 2.75) is 115 Å². The standard InChI is InChI=1S/C36H46N6O5/c1-3-4-11-15-25(2)33(40-37)35(46)38-22-13-10-8-6-5-7-9-12-16-26(24-43)41-23-21-29-32-27(17-14-18-28(32)41)36(47)42(29)30-19-20-31(44)39-34(30)45/h1,14,17-18,25,29-30H,4-13,15-16,19-23H2,2H3,(H,38,46)(H,39,44,45). The first-order valence-corrected chi connectivity index (χ1v) is 17.1. The lowest BCUT2D eigenvalue weighted by molar-refractivity contribution is -0.137. The third-order valence-electron chi connectivity index (χ3n) is 9.51. The molecule has 47 heavy (non-hydrogen) atoms. The van der Waals surface area contributed by atoms with Crippen LogP contribution in [0.1, 0.15) is 125 Å². The number of rotatable bonds is 18. The van der Waals surface area contributed by atoms with E-state index in [0.29, 0.717) is 56.5 Å². The smallest absolute Gasteiger partial charge is 0.358 e. The Hall–Kier alpha value is -4.51. The summed E-state index contributed by atoms with van der Waals surface area (Å²) in [7, 11) is 0. The second-order valence-corrected chi connectivity index (χ2v) is 12.7. The van der Waals surface area contributed by atoms with Crippen molar-refractivity contribution in [1.82, 2.24) is 15.5 Å². The minimum atomic E-state index is -0.678. The van der Waals surface area contributed by atoms with Gasteiger partial charge in [-0.05, 0) is 57.1 Å². The Labute approximate surface area is 277 Å². The Balaban J connectivity index is 1.15. The summed E-state index contributed by atoms with van der Waals surface area (Å²) in [5.74, 6) is 3.32. The molecule has 3 aliphatic heterocycles. The molecule has 1 aromatic carbocycles. The summed E-state index contributed by atoms with van der Waals surface area (Å²) in [5.41, 5.74) is 12.2. The quantitative estimate of drug-likeness (QED) is 0.0452. The van der Waals surface area contributed by atoms with Gasteiger partial charge in [0.25, 0.3) is 5.91 Å². The van der Waals surface area contributed by atoms with E-state index in [-0.39, 0.29) is 41.8 Å². The number of piperidine rings is 1. The number of nitrogens with zero attached hydrogens (tertiary/aromatic N) is 4. The predicted octanol–water partition coefficient (Wildman–Crippen LogP) is 4.65. The van der Waals surface area contributed by atoms with Gasteiger partial charge >= 0.3 is 11.6 Å². The first-order valence-electron chi connectivity index (χ1n) is 17.1. The highest BCUT2D eigenvalue weighted by atomic mass is 16.2. The number of hydrogen-bond donors (Lipinski definition) is 2. The Morgan fingerprint density at radius 2 is 1.79 bits per heavy atom. The second kappa shape index (κ2) is 17.4. The largest absolute Gasteiger partial charge is 0.361 e. The molecule has 3 heterocycles. The van der Waals surface area contributed by atoms with E-state index in [0.717, 1.165) is 69.0 Å². The van der Waals surface area contributed by atoms with Crippen LogP contribution in [0.25, 0.3) is 5.53 Å². The predicted molar refractivity (Wildman–Crippen MR) is 178 cm³/mol. The van der Waals surface area contributed by atoms with Crippen molar-refractivity contribution >= 4 is 41.0 Å². The second-order valence-electron chi connectivity index (χ2n) is 12.7. The summed E-state index contributed by atoms with van der Waals surface area (Å²) in [5, 5.41) is 5.22. The molecule has 3 unspecified atom stereocenters. The molecule has 0 aliphatic carbocycles. The van der Waals surface area contributed by atoms with E-state index in [9.17, 15) is 29.5 Å². The molecule has 11 nitrogen and oxygen atoms in total. The number of imide groups is 1. The van der Waals surface area contributed by atoms with E-state index in [1.807, 2.05) is 24.0 Å². The van der Waals surface area contributed by atoms with Crippen LogP contribution in [0.3, 0.4) is 0 Å². The molecule has 1 fully saturated rings. The van der Waals surface area contributed by atoms with Crippen molar-refractivity contribution in [2.75, 3.05) is 18.0 Å². The van der Waals surface area contributed by atoms with Crippen molar-refractivity contribution < 1.29 is 28.8 Å². The van der Waals surface area contributed by atoms with Gasteiger partial charge in [-0.25, -0.2) is 4.79 Å². The Morgan fingerprint density at radius 3 is 2.47 bits per heavy atom. The summed E-state index contributed by atoms with van der Waals surface area (Å²) < 4.78 is 0. The number of amides is 4. The lowest BCUT2D eigenvalue weighted by Gasteiger charge is -2.39. The van der Waals surface area contributed by atoms with Crippen LogP contribution in [-0.2, 0) is 19.2 Å². The number of anilines is 1. The van der Waals surface area contributed by atoms with Crippen LogP contribution >= 0.6 is 0 Å². The maximum Gasteiger partial charge on any atom is 0.358 e. The fourth-order valence-corrected chi connectivity index (χ4v) is 7.01. The maximum atomic E-state index is 13.4. The molecule has 0 bridgehead atoms. The number of unbranched alkanes of at least 4 members (excludes halogenated alkanes) is 8. The molecule has 2 N–H and O–H groups in total. The molecule has 4 rings (SSSR count). The zero-order chi connectivity index (χ0) is 33.8. The number of allylic oxidation sites excluding steroid dienone is 1. The van der Waals surface area contributed by atoms with Gasteiger partial charge in [0.05, 0.1) is 12.0 Å². The fraction of sp³-hybridized carbons (Fsp3) is 0.583. The molecule has 0 radical (unpaired) electrons. The molecule has 3 aliphatic rings. The number of hydrogen-bond acceptors (Lipinski definition) is 6. The van der Waals surface area contributed by atoms with Gasteiger partial charge in [-0.2, -0.15) is 4.79 Å². The van der Waals surface area contributed by atoms with Crippen molar-refractivity contribution in [3.8, 4) is 12.3 Å². The first-order chi connectivity index (χ1) is 22.8. The van der Waals surface area contributed by atoms with E-state index in [1.54, 1.807) is 11.0 Å². The van der Waals surface area contributed by atoms with E-state index in [1.165, 1.54) is 0 Å². The maximum absolute atomic E-state index is 13.4. The van der Waals surface area contributed by atoms with Crippen LogP contribution in [0.15, 0.2) is 23.9 Å². The molecule has 3 atom stereocenters. The van der Waals surface area contributed by atoms with Crippen LogP contribution in [0, 0.1) is 18.3 Å². The van der Waals surface area contributed by atoms with Crippen molar-refractivity contribution in [1.29, 1.82) is 0 Å². The summed E-state index contributed by atoms with van der Waals surface area (Å²) in [6.07, 6.45) is 17.2. The van der Waals surface area contributed by atoms with E-state index < -0.39 is 11.9 Å². The van der Waals surface area contributed by atoms with E-state index >= 15 is 0 Å². The van der Waals surface area contributed by atoms with Gasteiger partial charge in [-0.15, -0.1) is 12.3 Å². The monoisotopic (exact) mass is 642 g/mol. The average molecular weight is 643 g/mol. The van der Waals surface area contributed by atoms with Gasteiger partial charge in [-0.1, -0.05) is 51.5 Å². The fourth-order valence-electron chi connectivity index (χ4n) is 7.01. The number of benzene rings is 1. The molecule has 4 amide bonds. The zero-order valence-corrected chi connectivity index (χ0v) is 27.4. The van der Waals surface area contributed by atoms with Crippen molar-refractivity contribution in [2.24, 2.45) is 5.92 Å². The van der Waals surface area contributed by atoms with Crippen molar-refractivity contribution in [3.05, 3.63) is 40.6 Å². The van der Waals surface area contributed by atoms with Gasteiger partial charge < -0.3 is 20.6 Å². The van der Waals surface area contributed by atoms with Gasteiger partial charge in [0, 0.05) is 42.7 Å². The molecule has 0 spiro atoms. The van der Waals surface area contributed by atoms with Crippen molar-refractivity contribution in [3.63, 3.8) is 0 Å². The van der Waals surface area contributed by atoms with Gasteiger partial charge in [0.2, 0.25) is 11.8 Å². The number of terminal acetylenes is 1. The van der Waals surface area contributed by atoms with Crippen LogP contribution in [-0.4, -0.2) is 64.1 Å². The Kier molecular flexibility index (Phi) is 13.1. The van der Waals surface area contributed by atoms with Gasteiger partial charge in [0.1, 0.15) is 17.7 Å². The SMILES string of the molecule is C#CCCCC(C)C(=[N+]=[N-])C(=O)NCCCCCCCCCCC(=C=O)N1CCC2c3c(cccc31)C(=O)N2C1CCC(=O)NC1=O. The van der Waals surface area contributed by atoms with E-state index in [2.05, 4.69) is 27.3 Å². The number of carbonyl (C=O) groups is 4. The first kappa shape index (κ1) is 35.3. The molecular formula is C36H46N6O5. The molecular weight excluding hydrogens is 596 g/mol. The summed E-state index contributed by atoms with van der Waals surface area (Å²) in [6, 6.07) is 4.58. The Morgan fingerprint density at radius 1 is 1.06 bits per heavy atom. The normalized spacial score (nSPS) is 18.9. The Bertz CT molecular complexity index is 1480. The lowest BCUT2D eigenvalue weighted by atomic mass is 9.93.